The first-order valence-electron chi connectivity index (χ1n) is 8.51. The Hall–Kier alpha value is -2.23. The van der Waals surface area contributed by atoms with Gasteiger partial charge in [0, 0.05) is 12.1 Å². The summed E-state index contributed by atoms with van der Waals surface area (Å²) in [5, 5.41) is 14.7. The lowest BCUT2D eigenvalue weighted by Crippen LogP contribution is -2.38. The fraction of sp³-hybridized carbons (Fsp3) is 0.412. The molecular formula is C17H20N4O4S. The number of hydrogen-bond donors (Lipinski definition) is 2. The van der Waals surface area contributed by atoms with E-state index in [2.05, 4.69) is 5.10 Å². The van der Waals surface area contributed by atoms with Crippen molar-refractivity contribution in [3.63, 3.8) is 0 Å². The zero-order valence-electron chi connectivity index (χ0n) is 14.1. The number of hydrogen-bond acceptors (Lipinski definition) is 5. The minimum atomic E-state index is -3.68. The third kappa shape index (κ3) is 3.02. The van der Waals surface area contributed by atoms with Crippen LogP contribution in [0.25, 0.3) is 0 Å². The number of benzene rings is 1. The van der Waals surface area contributed by atoms with Crippen molar-refractivity contribution in [1.29, 1.82) is 0 Å². The number of primary amides is 1. The Balaban J connectivity index is 1.56. The molecule has 1 fully saturated rings. The van der Waals surface area contributed by atoms with E-state index >= 15 is 0 Å². The molecule has 2 heterocycles. The van der Waals surface area contributed by atoms with Crippen LogP contribution in [0.2, 0.25) is 0 Å². The van der Waals surface area contributed by atoms with Gasteiger partial charge in [-0.05, 0) is 49.1 Å². The van der Waals surface area contributed by atoms with Crippen molar-refractivity contribution in [1.82, 2.24) is 14.1 Å². The molecule has 138 valence electrons. The molecule has 1 aliphatic heterocycles. The number of carbonyl (C=O) groups excluding carboxylic acids is 1. The van der Waals surface area contributed by atoms with Gasteiger partial charge < -0.3 is 10.8 Å². The van der Waals surface area contributed by atoms with Gasteiger partial charge in [0.2, 0.25) is 15.9 Å². The lowest BCUT2D eigenvalue weighted by atomic mass is 10.1. The standard InChI is InChI=1S/C17H20N4O4S/c18-17(23)12-3-5-14(6-4-12)26(24,25)20-7-8-21-13(10-20)9-15(19-21)16(22)11-1-2-11/h3-6,9,11,16,22H,1-2,7-8,10H2,(H2,18,23)/t16-/m0/s1. The topological polar surface area (TPSA) is 119 Å². The van der Waals surface area contributed by atoms with E-state index in [0.717, 1.165) is 18.5 Å². The van der Waals surface area contributed by atoms with Gasteiger partial charge in [-0.25, -0.2) is 8.42 Å². The van der Waals surface area contributed by atoms with E-state index in [0.29, 0.717) is 18.8 Å². The van der Waals surface area contributed by atoms with Crippen LogP contribution in [0.15, 0.2) is 35.2 Å². The van der Waals surface area contributed by atoms with E-state index in [1.54, 1.807) is 10.7 Å². The molecular weight excluding hydrogens is 356 g/mol. The fourth-order valence-electron chi connectivity index (χ4n) is 3.21. The average Bonchev–Trinajstić information content (AvgIpc) is 3.39. The fourth-order valence-corrected chi connectivity index (χ4v) is 4.61. The number of nitrogens with zero attached hydrogens (tertiary/aromatic N) is 3. The van der Waals surface area contributed by atoms with E-state index in [9.17, 15) is 18.3 Å². The van der Waals surface area contributed by atoms with Crippen LogP contribution in [0, 0.1) is 5.92 Å². The number of aromatic nitrogens is 2. The highest BCUT2D eigenvalue weighted by atomic mass is 32.2. The van der Waals surface area contributed by atoms with Crippen LogP contribution in [0.4, 0.5) is 0 Å². The Morgan fingerprint density at radius 1 is 1.23 bits per heavy atom. The number of aliphatic hydroxyl groups excluding tert-OH is 1. The number of fused-ring (bicyclic) bond motifs is 1. The Labute approximate surface area is 151 Å². The van der Waals surface area contributed by atoms with Gasteiger partial charge >= 0.3 is 0 Å². The van der Waals surface area contributed by atoms with Gasteiger partial charge in [-0.2, -0.15) is 9.40 Å². The summed E-state index contributed by atoms with van der Waals surface area (Å²) in [5.74, 6) is -0.326. The van der Waals surface area contributed by atoms with Crippen molar-refractivity contribution in [3.8, 4) is 0 Å². The van der Waals surface area contributed by atoms with Crippen molar-refractivity contribution in [3.05, 3.63) is 47.3 Å². The molecule has 4 rings (SSSR count). The zero-order chi connectivity index (χ0) is 18.5. The van der Waals surface area contributed by atoms with E-state index in [1.807, 2.05) is 0 Å². The Morgan fingerprint density at radius 2 is 1.92 bits per heavy atom. The largest absolute Gasteiger partial charge is 0.386 e. The molecule has 0 spiro atoms. The molecule has 0 radical (unpaired) electrons. The van der Waals surface area contributed by atoms with E-state index in [1.165, 1.54) is 28.6 Å². The quantitative estimate of drug-likeness (QED) is 0.793. The Bertz CT molecular complexity index is 948. The summed E-state index contributed by atoms with van der Waals surface area (Å²) in [6, 6.07) is 7.40. The highest BCUT2D eigenvalue weighted by Gasteiger charge is 2.34. The summed E-state index contributed by atoms with van der Waals surface area (Å²) in [4.78, 5) is 11.3. The third-order valence-corrected chi connectivity index (χ3v) is 6.79. The van der Waals surface area contributed by atoms with Crippen LogP contribution < -0.4 is 5.73 Å². The summed E-state index contributed by atoms with van der Waals surface area (Å²) in [6.07, 6.45) is 1.44. The summed E-state index contributed by atoms with van der Waals surface area (Å²) >= 11 is 0. The molecule has 9 heteroatoms. The van der Waals surface area contributed by atoms with Crippen LogP contribution in [0.5, 0.6) is 0 Å². The first-order valence-corrected chi connectivity index (χ1v) is 9.95. The first kappa shape index (κ1) is 17.2. The maximum Gasteiger partial charge on any atom is 0.248 e. The lowest BCUT2D eigenvalue weighted by Gasteiger charge is -2.26. The third-order valence-electron chi connectivity index (χ3n) is 4.93. The predicted octanol–water partition coefficient (Wildman–Crippen LogP) is 0.630. The molecule has 1 aromatic carbocycles. The van der Waals surface area contributed by atoms with E-state index in [-0.39, 0.29) is 22.9 Å². The van der Waals surface area contributed by atoms with Crippen LogP contribution in [0.1, 0.15) is 40.7 Å². The van der Waals surface area contributed by atoms with Crippen LogP contribution in [-0.4, -0.2) is 40.1 Å². The summed E-state index contributed by atoms with van der Waals surface area (Å²) < 4.78 is 28.9. The first-order chi connectivity index (χ1) is 12.4. The minimum absolute atomic E-state index is 0.119. The highest BCUT2D eigenvalue weighted by Crippen LogP contribution is 2.40. The Morgan fingerprint density at radius 3 is 2.54 bits per heavy atom. The van der Waals surface area contributed by atoms with Crippen LogP contribution in [-0.2, 0) is 23.1 Å². The van der Waals surface area contributed by atoms with Gasteiger partial charge in [-0.1, -0.05) is 0 Å². The van der Waals surface area contributed by atoms with Gasteiger partial charge in [0.25, 0.3) is 0 Å². The van der Waals surface area contributed by atoms with Gasteiger partial charge in [0.1, 0.15) is 6.10 Å². The second-order valence-corrected chi connectivity index (χ2v) is 8.73. The van der Waals surface area contributed by atoms with Gasteiger partial charge in [-0.15, -0.1) is 0 Å². The molecule has 1 saturated carbocycles. The van der Waals surface area contributed by atoms with Gasteiger partial charge in [-0.3, -0.25) is 9.48 Å². The molecule has 1 amide bonds. The molecule has 8 nitrogen and oxygen atoms in total. The van der Waals surface area contributed by atoms with Crippen LogP contribution >= 0.6 is 0 Å². The minimum Gasteiger partial charge on any atom is -0.386 e. The number of nitrogens with two attached hydrogens (primary N) is 1. The molecule has 0 unspecified atom stereocenters. The van der Waals surface area contributed by atoms with Crippen molar-refractivity contribution in [2.45, 2.75) is 36.9 Å². The molecule has 3 N–H and O–H groups in total. The van der Waals surface area contributed by atoms with Crippen molar-refractivity contribution >= 4 is 15.9 Å². The molecule has 1 aliphatic carbocycles. The highest BCUT2D eigenvalue weighted by molar-refractivity contribution is 7.89. The number of rotatable bonds is 5. The molecule has 1 aromatic heterocycles. The maximum absolute atomic E-state index is 12.9. The molecule has 1 atom stereocenters. The second kappa shape index (κ2) is 6.19. The molecule has 26 heavy (non-hydrogen) atoms. The maximum atomic E-state index is 12.9. The van der Waals surface area contributed by atoms with Crippen molar-refractivity contribution in [2.75, 3.05) is 6.54 Å². The Kier molecular flexibility index (Phi) is 4.09. The number of sulfonamides is 1. The second-order valence-electron chi connectivity index (χ2n) is 6.79. The smallest absolute Gasteiger partial charge is 0.248 e. The molecule has 2 aliphatic rings. The summed E-state index contributed by atoms with van der Waals surface area (Å²) in [6.45, 7) is 0.934. The molecule has 2 aromatic rings. The van der Waals surface area contributed by atoms with Crippen molar-refractivity contribution in [2.24, 2.45) is 11.7 Å². The summed E-state index contributed by atoms with van der Waals surface area (Å²) in [7, 11) is -3.68. The zero-order valence-corrected chi connectivity index (χ0v) is 14.9. The lowest BCUT2D eigenvalue weighted by molar-refractivity contribution is 0.1000. The number of amides is 1. The average molecular weight is 376 g/mol. The van der Waals surface area contributed by atoms with Crippen molar-refractivity contribution < 1.29 is 18.3 Å². The van der Waals surface area contributed by atoms with Crippen LogP contribution in [0.3, 0.4) is 0 Å². The normalized spacial score (nSPS) is 19.1. The molecule has 0 bridgehead atoms. The number of carbonyl (C=O) groups is 1. The van der Waals surface area contributed by atoms with E-state index in [4.69, 9.17) is 5.73 Å². The monoisotopic (exact) mass is 376 g/mol. The number of aliphatic hydroxyl groups is 1. The molecule has 0 saturated heterocycles. The SMILES string of the molecule is NC(=O)c1ccc(S(=O)(=O)N2CCn3nc([C@@H](O)C4CC4)cc3C2)cc1. The summed E-state index contributed by atoms with van der Waals surface area (Å²) in [5.41, 5.74) is 6.84. The van der Waals surface area contributed by atoms with E-state index < -0.39 is 22.0 Å². The van der Waals surface area contributed by atoms with Gasteiger partial charge in [0.05, 0.1) is 29.4 Å². The van der Waals surface area contributed by atoms with Gasteiger partial charge in [0.15, 0.2) is 0 Å². The predicted molar refractivity (Wildman–Crippen MR) is 92.5 cm³/mol.